The summed E-state index contributed by atoms with van der Waals surface area (Å²) in [6.45, 7) is 0.202. The van der Waals surface area contributed by atoms with Crippen molar-refractivity contribution >= 4 is 9.84 Å². The second-order valence-electron chi connectivity index (χ2n) is 4.34. The molecule has 3 nitrogen and oxygen atoms in total. The van der Waals surface area contributed by atoms with Gasteiger partial charge in [0.25, 0.3) is 0 Å². The van der Waals surface area contributed by atoms with E-state index in [1.54, 1.807) is 0 Å². The van der Waals surface area contributed by atoms with Crippen LogP contribution in [-0.4, -0.2) is 20.7 Å². The summed E-state index contributed by atoms with van der Waals surface area (Å²) in [7, 11) is -3.03. The van der Waals surface area contributed by atoms with E-state index >= 15 is 0 Å². The molecule has 0 fully saturated rings. The van der Waals surface area contributed by atoms with E-state index in [1.165, 1.54) is 17.5 Å². The quantitative estimate of drug-likeness (QED) is 0.854. The number of hydrogen-bond donors (Lipinski definition) is 1. The van der Waals surface area contributed by atoms with Crippen LogP contribution in [-0.2, 0) is 28.4 Å². The molecule has 1 aliphatic carbocycles. The summed E-state index contributed by atoms with van der Waals surface area (Å²) in [5.74, 6) is 0.196. The van der Waals surface area contributed by atoms with Crippen LogP contribution in [0, 0.1) is 0 Å². The van der Waals surface area contributed by atoms with Crippen molar-refractivity contribution in [1.29, 1.82) is 0 Å². The number of nitrogens with two attached hydrogens (primary N) is 1. The van der Waals surface area contributed by atoms with Crippen LogP contribution in [0.1, 0.15) is 23.1 Å². The summed E-state index contributed by atoms with van der Waals surface area (Å²) >= 11 is 0. The van der Waals surface area contributed by atoms with Gasteiger partial charge < -0.3 is 5.73 Å². The molecule has 0 heterocycles. The monoisotopic (exact) mass is 239 g/mol. The van der Waals surface area contributed by atoms with E-state index in [-0.39, 0.29) is 18.1 Å². The lowest BCUT2D eigenvalue weighted by molar-refractivity contribution is 0.595. The van der Waals surface area contributed by atoms with Gasteiger partial charge in [-0.2, -0.15) is 0 Å². The van der Waals surface area contributed by atoms with Crippen molar-refractivity contribution in [3.63, 3.8) is 0 Å². The molecule has 1 aromatic carbocycles. The molecule has 0 atom stereocenters. The Morgan fingerprint density at radius 1 is 1.19 bits per heavy atom. The van der Waals surface area contributed by atoms with Crippen molar-refractivity contribution in [2.45, 2.75) is 25.0 Å². The largest absolute Gasteiger partial charge is 0.329 e. The molecule has 1 aromatic rings. The van der Waals surface area contributed by atoms with Crippen molar-refractivity contribution in [1.82, 2.24) is 0 Å². The molecular formula is C12H17NO2S. The zero-order chi connectivity index (χ0) is 11.6. The van der Waals surface area contributed by atoms with Crippen LogP contribution in [0.2, 0.25) is 0 Å². The molecule has 4 heteroatoms. The summed E-state index contributed by atoms with van der Waals surface area (Å²) in [5.41, 5.74) is 8.87. The van der Waals surface area contributed by atoms with E-state index < -0.39 is 9.84 Å². The average molecular weight is 239 g/mol. The molecule has 0 saturated carbocycles. The third-order valence-electron chi connectivity index (χ3n) is 2.98. The van der Waals surface area contributed by atoms with Gasteiger partial charge in [-0.1, -0.05) is 18.2 Å². The first-order chi connectivity index (χ1) is 7.61. The number of sulfone groups is 1. The summed E-state index contributed by atoms with van der Waals surface area (Å²) in [4.78, 5) is 0. The molecule has 0 bridgehead atoms. The molecule has 16 heavy (non-hydrogen) atoms. The molecule has 0 radical (unpaired) electrons. The van der Waals surface area contributed by atoms with Crippen LogP contribution in [0.25, 0.3) is 0 Å². The molecule has 2 rings (SSSR count). The highest BCUT2D eigenvalue weighted by Gasteiger charge is 2.14. The Hall–Kier alpha value is -0.870. The number of benzene rings is 1. The highest BCUT2D eigenvalue weighted by molar-refractivity contribution is 7.90. The highest BCUT2D eigenvalue weighted by atomic mass is 32.2. The Balaban J connectivity index is 2.17. The molecule has 0 spiro atoms. The Morgan fingerprint density at radius 2 is 1.94 bits per heavy atom. The zero-order valence-corrected chi connectivity index (χ0v) is 10.1. The normalized spacial score (nSPS) is 15.1. The standard InChI is InChI=1S/C12H17NO2S/c13-6-7-16(14,15)9-10-4-5-11-2-1-3-12(11)8-10/h4-5,8H,1-3,6-7,9,13H2. The maximum atomic E-state index is 11.6. The average Bonchev–Trinajstić information content (AvgIpc) is 2.63. The van der Waals surface area contributed by atoms with Crippen LogP contribution in [0.5, 0.6) is 0 Å². The molecule has 2 N–H and O–H groups in total. The SMILES string of the molecule is NCCS(=O)(=O)Cc1ccc2c(c1)CCC2. The van der Waals surface area contributed by atoms with Crippen molar-refractivity contribution in [2.75, 3.05) is 12.3 Å². The van der Waals surface area contributed by atoms with Gasteiger partial charge in [-0.05, 0) is 36.0 Å². The van der Waals surface area contributed by atoms with Crippen LogP contribution in [0.15, 0.2) is 18.2 Å². The minimum absolute atomic E-state index is 0.0735. The van der Waals surface area contributed by atoms with E-state index in [2.05, 4.69) is 6.07 Å². The maximum absolute atomic E-state index is 11.6. The first-order valence-corrected chi connectivity index (χ1v) is 7.44. The smallest absolute Gasteiger partial charge is 0.155 e. The fourth-order valence-electron chi connectivity index (χ4n) is 2.22. The lowest BCUT2D eigenvalue weighted by Crippen LogP contribution is -2.17. The van der Waals surface area contributed by atoms with Gasteiger partial charge in [0.15, 0.2) is 9.84 Å². The van der Waals surface area contributed by atoms with Gasteiger partial charge >= 0.3 is 0 Å². The van der Waals surface area contributed by atoms with Crippen LogP contribution < -0.4 is 5.73 Å². The highest BCUT2D eigenvalue weighted by Crippen LogP contribution is 2.23. The van der Waals surface area contributed by atoms with Gasteiger partial charge in [-0.15, -0.1) is 0 Å². The first kappa shape index (κ1) is 11.6. The van der Waals surface area contributed by atoms with Crippen molar-refractivity contribution in [2.24, 2.45) is 5.73 Å². The van der Waals surface area contributed by atoms with Crippen LogP contribution >= 0.6 is 0 Å². The zero-order valence-electron chi connectivity index (χ0n) is 9.28. The number of hydrogen-bond acceptors (Lipinski definition) is 3. The van der Waals surface area contributed by atoms with Gasteiger partial charge in [0.1, 0.15) is 0 Å². The second-order valence-corrected chi connectivity index (χ2v) is 6.52. The van der Waals surface area contributed by atoms with E-state index in [9.17, 15) is 8.42 Å². The molecular weight excluding hydrogens is 222 g/mol. The maximum Gasteiger partial charge on any atom is 0.155 e. The van der Waals surface area contributed by atoms with Crippen molar-refractivity contribution < 1.29 is 8.42 Å². The summed E-state index contributed by atoms with van der Waals surface area (Å²) in [5, 5.41) is 0. The van der Waals surface area contributed by atoms with Crippen molar-refractivity contribution in [3.05, 3.63) is 34.9 Å². The third-order valence-corrected chi connectivity index (χ3v) is 4.61. The molecule has 0 saturated heterocycles. The molecule has 0 aromatic heterocycles. The predicted octanol–water partition coefficient (Wildman–Crippen LogP) is 1.05. The van der Waals surface area contributed by atoms with Gasteiger partial charge in [-0.3, -0.25) is 0 Å². The Bertz CT molecular complexity index is 480. The topological polar surface area (TPSA) is 60.2 Å². The fraction of sp³-hybridized carbons (Fsp3) is 0.500. The van der Waals surface area contributed by atoms with Gasteiger partial charge in [0.2, 0.25) is 0 Å². The van der Waals surface area contributed by atoms with E-state index in [0.717, 1.165) is 18.4 Å². The van der Waals surface area contributed by atoms with Gasteiger partial charge in [-0.25, -0.2) is 8.42 Å². The lowest BCUT2D eigenvalue weighted by atomic mass is 10.1. The minimum Gasteiger partial charge on any atom is -0.329 e. The van der Waals surface area contributed by atoms with E-state index in [4.69, 9.17) is 5.73 Å². The van der Waals surface area contributed by atoms with Crippen LogP contribution in [0.3, 0.4) is 0 Å². The molecule has 1 aliphatic rings. The first-order valence-electron chi connectivity index (χ1n) is 5.62. The number of rotatable bonds is 4. The van der Waals surface area contributed by atoms with Gasteiger partial charge in [0.05, 0.1) is 11.5 Å². The summed E-state index contributed by atoms with van der Waals surface area (Å²) in [6.07, 6.45) is 3.40. The van der Waals surface area contributed by atoms with E-state index in [1.807, 2.05) is 12.1 Å². The second kappa shape index (κ2) is 4.55. The summed E-state index contributed by atoms with van der Waals surface area (Å²) in [6, 6.07) is 6.03. The fourth-order valence-corrected chi connectivity index (χ4v) is 3.41. The molecule has 0 amide bonds. The van der Waals surface area contributed by atoms with Crippen molar-refractivity contribution in [3.8, 4) is 0 Å². The molecule has 88 valence electrons. The number of aryl methyl sites for hydroxylation is 2. The molecule has 0 unspecified atom stereocenters. The van der Waals surface area contributed by atoms with Crippen LogP contribution in [0.4, 0.5) is 0 Å². The van der Waals surface area contributed by atoms with Gasteiger partial charge in [0, 0.05) is 6.54 Å². The lowest BCUT2D eigenvalue weighted by Gasteiger charge is -2.05. The Kier molecular flexibility index (Phi) is 3.30. The Labute approximate surface area is 96.6 Å². The molecule has 0 aliphatic heterocycles. The van der Waals surface area contributed by atoms with E-state index in [0.29, 0.717) is 0 Å². The Morgan fingerprint density at radius 3 is 2.69 bits per heavy atom. The number of fused-ring (bicyclic) bond motifs is 1. The minimum atomic E-state index is -3.03. The summed E-state index contributed by atoms with van der Waals surface area (Å²) < 4.78 is 23.2. The predicted molar refractivity (Wildman–Crippen MR) is 65.0 cm³/mol. The third kappa shape index (κ3) is 2.62.